The van der Waals surface area contributed by atoms with Gasteiger partial charge >= 0.3 is 0 Å². The highest BCUT2D eigenvalue weighted by molar-refractivity contribution is 7.17. The number of aromatic nitrogens is 2. The molecule has 0 unspecified atom stereocenters. The molecule has 0 bridgehead atoms. The molecular formula is C15H14FN3O2S. The van der Waals surface area contributed by atoms with Crippen molar-refractivity contribution in [3.8, 4) is 11.3 Å². The third kappa shape index (κ3) is 2.72. The molecular weight excluding hydrogens is 305 g/mol. The maximum atomic E-state index is 13.5. The fraction of sp³-hybridized carbons (Fsp3) is 0.200. The van der Waals surface area contributed by atoms with Gasteiger partial charge in [-0.05, 0) is 29.6 Å². The fourth-order valence-electron chi connectivity index (χ4n) is 2.25. The quantitative estimate of drug-likeness (QED) is 0.710. The highest BCUT2D eigenvalue weighted by Crippen LogP contribution is 2.32. The molecule has 0 aliphatic carbocycles. The van der Waals surface area contributed by atoms with E-state index >= 15 is 0 Å². The van der Waals surface area contributed by atoms with E-state index in [0.29, 0.717) is 29.2 Å². The molecule has 0 saturated heterocycles. The molecule has 2 N–H and O–H groups in total. The molecule has 2 aromatic heterocycles. The predicted molar refractivity (Wildman–Crippen MR) is 86.0 cm³/mol. The van der Waals surface area contributed by atoms with Crippen LogP contribution in [0, 0.1) is 5.82 Å². The second kappa shape index (κ2) is 6.25. The number of ether oxygens (including phenoxy) is 1. The van der Waals surface area contributed by atoms with Crippen LogP contribution in [0.25, 0.3) is 21.3 Å². The third-order valence-corrected chi connectivity index (χ3v) is 4.17. The van der Waals surface area contributed by atoms with Crippen LogP contribution in [-0.2, 0) is 4.74 Å². The lowest BCUT2D eigenvalue weighted by molar-refractivity contribution is 0.211. The van der Waals surface area contributed by atoms with Crippen molar-refractivity contribution in [1.29, 1.82) is 0 Å². The largest absolute Gasteiger partial charge is 0.383 e. The van der Waals surface area contributed by atoms with Crippen LogP contribution in [0.2, 0.25) is 0 Å². The number of thiophene rings is 1. The van der Waals surface area contributed by atoms with Crippen molar-refractivity contribution in [1.82, 2.24) is 10.2 Å². The molecule has 1 aromatic carbocycles. The van der Waals surface area contributed by atoms with Crippen LogP contribution in [0.1, 0.15) is 0 Å². The Morgan fingerprint density at radius 2 is 2.27 bits per heavy atom. The molecule has 7 heteroatoms. The molecule has 0 aliphatic rings. The van der Waals surface area contributed by atoms with Gasteiger partial charge in [-0.15, -0.1) is 11.3 Å². The van der Waals surface area contributed by atoms with Crippen LogP contribution >= 0.6 is 11.3 Å². The first-order valence-corrected chi connectivity index (χ1v) is 7.57. The molecule has 0 aliphatic heterocycles. The van der Waals surface area contributed by atoms with Crippen LogP contribution in [0.15, 0.2) is 34.4 Å². The minimum Gasteiger partial charge on any atom is -0.383 e. The van der Waals surface area contributed by atoms with Gasteiger partial charge in [-0.25, -0.2) is 9.49 Å². The van der Waals surface area contributed by atoms with E-state index in [0.717, 1.165) is 10.9 Å². The maximum Gasteiger partial charge on any atom is 0.282 e. The second-order valence-electron chi connectivity index (χ2n) is 4.67. The Balaban J connectivity index is 2.11. The molecule has 0 spiro atoms. The lowest BCUT2D eigenvalue weighted by atomic mass is 10.1. The number of hydrogen-bond acceptors (Lipinski definition) is 5. The van der Waals surface area contributed by atoms with Crippen molar-refractivity contribution in [3.63, 3.8) is 0 Å². The topological polar surface area (TPSA) is 67.0 Å². The van der Waals surface area contributed by atoms with Crippen LogP contribution < -0.4 is 10.9 Å². The van der Waals surface area contributed by atoms with Crippen LogP contribution in [-0.4, -0.2) is 30.5 Å². The predicted octanol–water partition coefficient (Wildman–Crippen LogP) is 2.85. The minimum absolute atomic E-state index is 0.218. The molecule has 0 fully saturated rings. The molecule has 0 saturated carbocycles. The molecule has 0 radical (unpaired) electrons. The van der Waals surface area contributed by atoms with Gasteiger partial charge in [0.05, 0.1) is 6.61 Å². The number of hydrogen-bond donors (Lipinski definition) is 2. The summed E-state index contributed by atoms with van der Waals surface area (Å²) in [5, 5.41) is 12.4. The summed E-state index contributed by atoms with van der Waals surface area (Å²) in [5.74, 6) is -0.338. The molecule has 3 rings (SSSR count). The van der Waals surface area contributed by atoms with Gasteiger partial charge in [0.25, 0.3) is 5.56 Å². The summed E-state index contributed by atoms with van der Waals surface area (Å²) in [4.78, 5) is 11.8. The van der Waals surface area contributed by atoms with E-state index in [1.165, 1.54) is 23.5 Å². The number of anilines is 1. The van der Waals surface area contributed by atoms with E-state index < -0.39 is 0 Å². The van der Waals surface area contributed by atoms with Crippen molar-refractivity contribution >= 4 is 27.1 Å². The van der Waals surface area contributed by atoms with E-state index in [9.17, 15) is 9.18 Å². The van der Waals surface area contributed by atoms with Crippen LogP contribution in [0.4, 0.5) is 10.1 Å². The van der Waals surface area contributed by atoms with E-state index in [2.05, 4.69) is 15.5 Å². The molecule has 5 nitrogen and oxygen atoms in total. The first-order chi connectivity index (χ1) is 10.7. The van der Waals surface area contributed by atoms with Gasteiger partial charge < -0.3 is 10.1 Å². The van der Waals surface area contributed by atoms with Gasteiger partial charge in [0.2, 0.25) is 0 Å². The number of aromatic amines is 1. The average molecular weight is 319 g/mol. The average Bonchev–Trinajstić information content (AvgIpc) is 2.99. The van der Waals surface area contributed by atoms with E-state index in [-0.39, 0.29) is 11.4 Å². The monoisotopic (exact) mass is 319 g/mol. The summed E-state index contributed by atoms with van der Waals surface area (Å²) in [5.41, 5.74) is 1.75. The number of fused-ring (bicyclic) bond motifs is 1. The number of rotatable bonds is 5. The zero-order chi connectivity index (χ0) is 15.5. The van der Waals surface area contributed by atoms with Crippen LogP contribution in [0.3, 0.4) is 0 Å². The van der Waals surface area contributed by atoms with Gasteiger partial charge in [-0.2, -0.15) is 5.10 Å². The zero-order valence-electron chi connectivity index (χ0n) is 11.9. The number of H-pyrrole nitrogens is 1. The molecule has 3 aromatic rings. The number of methoxy groups -OCH3 is 1. The summed E-state index contributed by atoms with van der Waals surface area (Å²) < 4.78 is 19.1. The van der Waals surface area contributed by atoms with Crippen molar-refractivity contribution in [2.45, 2.75) is 0 Å². The van der Waals surface area contributed by atoms with Crippen LogP contribution in [0.5, 0.6) is 0 Å². The van der Waals surface area contributed by atoms with E-state index in [1.807, 2.05) is 11.4 Å². The second-order valence-corrected chi connectivity index (χ2v) is 5.59. The Kier molecular flexibility index (Phi) is 4.17. The Bertz CT molecular complexity index is 859. The third-order valence-electron chi connectivity index (χ3n) is 3.25. The highest BCUT2D eigenvalue weighted by Gasteiger charge is 2.14. The number of nitrogens with zero attached hydrogens (tertiary/aromatic N) is 1. The zero-order valence-corrected chi connectivity index (χ0v) is 12.7. The normalized spacial score (nSPS) is 11.0. The van der Waals surface area contributed by atoms with Crippen molar-refractivity contribution in [3.05, 3.63) is 45.8 Å². The number of nitrogens with one attached hydrogen (secondary N) is 2. The maximum absolute atomic E-state index is 13.5. The first kappa shape index (κ1) is 14.7. The smallest absolute Gasteiger partial charge is 0.282 e. The standard InChI is InChI=1S/C15H14FN3O2S/c1-21-6-5-17-12-8-9(16)2-3-10(12)13-11-4-7-22-14(11)15(20)19-18-13/h2-4,7-8,17H,5-6H2,1H3,(H,19,20). The van der Waals surface area contributed by atoms with Gasteiger partial charge in [0.1, 0.15) is 16.2 Å². The van der Waals surface area contributed by atoms with E-state index in [1.54, 1.807) is 13.2 Å². The number of benzene rings is 1. The molecule has 0 atom stereocenters. The number of halogens is 1. The van der Waals surface area contributed by atoms with E-state index in [4.69, 9.17) is 4.74 Å². The molecule has 2 heterocycles. The van der Waals surface area contributed by atoms with Gasteiger partial charge in [-0.3, -0.25) is 4.79 Å². The van der Waals surface area contributed by atoms with Crippen molar-refractivity contribution in [2.75, 3.05) is 25.6 Å². The summed E-state index contributed by atoms with van der Waals surface area (Å²) in [7, 11) is 1.60. The summed E-state index contributed by atoms with van der Waals surface area (Å²) in [6, 6.07) is 6.29. The molecule has 22 heavy (non-hydrogen) atoms. The summed E-state index contributed by atoms with van der Waals surface area (Å²) >= 11 is 1.36. The first-order valence-electron chi connectivity index (χ1n) is 6.69. The summed E-state index contributed by atoms with van der Waals surface area (Å²) in [6.45, 7) is 1.05. The van der Waals surface area contributed by atoms with Gasteiger partial charge in [-0.1, -0.05) is 0 Å². The Morgan fingerprint density at radius 3 is 3.09 bits per heavy atom. The molecule has 114 valence electrons. The van der Waals surface area contributed by atoms with Crippen molar-refractivity contribution < 1.29 is 9.13 Å². The Hall–Kier alpha value is -2.25. The van der Waals surface area contributed by atoms with Gasteiger partial charge in [0.15, 0.2) is 0 Å². The van der Waals surface area contributed by atoms with Crippen molar-refractivity contribution in [2.24, 2.45) is 0 Å². The summed E-state index contributed by atoms with van der Waals surface area (Å²) in [6.07, 6.45) is 0. The van der Waals surface area contributed by atoms with Gasteiger partial charge in [0, 0.05) is 30.3 Å². The fourth-order valence-corrected chi connectivity index (χ4v) is 3.04. The highest BCUT2D eigenvalue weighted by atomic mass is 32.1. The molecule has 0 amide bonds. The Labute approximate surface area is 129 Å². The SMILES string of the molecule is COCCNc1cc(F)ccc1-c1n[nH]c(=O)c2sccc12. The lowest BCUT2D eigenvalue weighted by Gasteiger charge is -2.12. The Morgan fingerprint density at radius 1 is 1.41 bits per heavy atom. The lowest BCUT2D eigenvalue weighted by Crippen LogP contribution is -2.11. The minimum atomic E-state index is -0.338.